The van der Waals surface area contributed by atoms with Gasteiger partial charge in [-0.25, -0.2) is 0 Å². The van der Waals surface area contributed by atoms with Crippen molar-refractivity contribution in [1.29, 1.82) is 0 Å². The minimum atomic E-state index is 0.304. The minimum Gasteiger partial charge on any atom is -0.396 e. The van der Waals surface area contributed by atoms with Gasteiger partial charge in [0.05, 0.1) is 0 Å². The lowest BCUT2D eigenvalue weighted by Gasteiger charge is -2.37. The molecule has 2 nitrogen and oxygen atoms in total. The van der Waals surface area contributed by atoms with Gasteiger partial charge < -0.3 is 10.4 Å². The SMILES string of the molecule is CCC(CCO)CNC1CC(c2ccc(Cl)cc2)C1. The highest BCUT2D eigenvalue weighted by Crippen LogP contribution is 2.37. The van der Waals surface area contributed by atoms with Gasteiger partial charge >= 0.3 is 0 Å². The first-order valence-corrected chi connectivity index (χ1v) is 7.70. The number of rotatable bonds is 7. The molecule has 0 aliphatic heterocycles. The molecule has 0 aromatic heterocycles. The fraction of sp³-hybridized carbons (Fsp3) is 0.625. The zero-order valence-electron chi connectivity index (χ0n) is 11.6. The molecule has 0 heterocycles. The maximum absolute atomic E-state index is 8.98. The Kier molecular flexibility index (Phi) is 5.68. The molecule has 1 unspecified atom stereocenters. The summed E-state index contributed by atoms with van der Waals surface area (Å²) in [5.41, 5.74) is 1.41. The Morgan fingerprint density at radius 3 is 2.58 bits per heavy atom. The lowest BCUT2D eigenvalue weighted by atomic mass is 9.75. The molecule has 1 aliphatic carbocycles. The molecular weight excluding hydrogens is 258 g/mol. The second-order valence-corrected chi connectivity index (χ2v) is 6.05. The number of hydrogen-bond acceptors (Lipinski definition) is 2. The quantitative estimate of drug-likeness (QED) is 0.801. The summed E-state index contributed by atoms with van der Waals surface area (Å²) in [6, 6.07) is 8.89. The Labute approximate surface area is 121 Å². The van der Waals surface area contributed by atoms with Crippen molar-refractivity contribution in [1.82, 2.24) is 5.32 Å². The molecule has 0 bridgehead atoms. The van der Waals surface area contributed by atoms with E-state index in [9.17, 15) is 0 Å². The lowest BCUT2D eigenvalue weighted by molar-refractivity contribution is 0.231. The van der Waals surface area contributed by atoms with E-state index in [1.54, 1.807) is 0 Å². The highest BCUT2D eigenvalue weighted by atomic mass is 35.5. The second-order valence-electron chi connectivity index (χ2n) is 5.61. The maximum Gasteiger partial charge on any atom is 0.0434 e. The zero-order chi connectivity index (χ0) is 13.7. The van der Waals surface area contributed by atoms with E-state index in [1.165, 1.54) is 18.4 Å². The van der Waals surface area contributed by atoms with E-state index in [4.69, 9.17) is 16.7 Å². The maximum atomic E-state index is 8.98. The predicted molar refractivity (Wildman–Crippen MR) is 80.7 cm³/mol. The van der Waals surface area contributed by atoms with Gasteiger partial charge in [-0.1, -0.05) is 37.1 Å². The summed E-state index contributed by atoms with van der Waals surface area (Å²) in [4.78, 5) is 0. The van der Waals surface area contributed by atoms with Crippen LogP contribution in [0.4, 0.5) is 0 Å². The molecule has 1 saturated carbocycles. The van der Waals surface area contributed by atoms with Gasteiger partial charge in [0.2, 0.25) is 0 Å². The fourth-order valence-electron chi connectivity index (χ4n) is 2.76. The van der Waals surface area contributed by atoms with Crippen molar-refractivity contribution in [3.8, 4) is 0 Å². The van der Waals surface area contributed by atoms with Crippen LogP contribution in [0, 0.1) is 5.92 Å². The Bertz CT molecular complexity index is 373. The first-order valence-electron chi connectivity index (χ1n) is 7.32. The third-order valence-electron chi connectivity index (χ3n) is 4.29. The van der Waals surface area contributed by atoms with Gasteiger partial charge in [0.15, 0.2) is 0 Å². The Morgan fingerprint density at radius 2 is 2.00 bits per heavy atom. The van der Waals surface area contributed by atoms with E-state index < -0.39 is 0 Å². The van der Waals surface area contributed by atoms with E-state index in [0.717, 1.165) is 24.4 Å². The van der Waals surface area contributed by atoms with E-state index >= 15 is 0 Å². The summed E-state index contributed by atoms with van der Waals surface area (Å²) >= 11 is 5.90. The van der Waals surface area contributed by atoms with E-state index in [0.29, 0.717) is 24.5 Å². The Hall–Kier alpha value is -0.570. The average Bonchev–Trinajstić information content (AvgIpc) is 2.37. The highest BCUT2D eigenvalue weighted by Gasteiger charge is 2.30. The van der Waals surface area contributed by atoms with Crippen molar-refractivity contribution in [2.45, 2.75) is 44.6 Å². The van der Waals surface area contributed by atoms with Crippen molar-refractivity contribution in [3.05, 3.63) is 34.9 Å². The van der Waals surface area contributed by atoms with Crippen LogP contribution in [0.15, 0.2) is 24.3 Å². The standard InChI is InChI=1S/C16H24ClNO/c1-2-12(7-8-19)11-18-16-9-14(10-16)13-3-5-15(17)6-4-13/h3-6,12,14,16,18-19H,2,7-11H2,1H3. The van der Waals surface area contributed by atoms with Crippen LogP contribution >= 0.6 is 11.6 Å². The molecule has 0 saturated heterocycles. The number of benzene rings is 1. The van der Waals surface area contributed by atoms with Crippen LogP contribution in [-0.2, 0) is 0 Å². The number of halogens is 1. The fourth-order valence-corrected chi connectivity index (χ4v) is 2.88. The van der Waals surface area contributed by atoms with Gasteiger partial charge in [-0.2, -0.15) is 0 Å². The molecule has 1 fully saturated rings. The summed E-state index contributed by atoms with van der Waals surface area (Å²) < 4.78 is 0. The lowest BCUT2D eigenvalue weighted by Crippen LogP contribution is -2.42. The first kappa shape index (κ1) is 14.8. The van der Waals surface area contributed by atoms with Gasteiger partial charge in [0, 0.05) is 17.7 Å². The van der Waals surface area contributed by atoms with Crippen LogP contribution < -0.4 is 5.32 Å². The smallest absolute Gasteiger partial charge is 0.0434 e. The van der Waals surface area contributed by atoms with Crippen LogP contribution in [-0.4, -0.2) is 24.3 Å². The number of aliphatic hydroxyl groups excluding tert-OH is 1. The van der Waals surface area contributed by atoms with Crippen molar-refractivity contribution >= 4 is 11.6 Å². The number of nitrogens with one attached hydrogen (secondary N) is 1. The molecule has 1 aliphatic rings. The van der Waals surface area contributed by atoms with Gasteiger partial charge in [0.25, 0.3) is 0 Å². The summed E-state index contributed by atoms with van der Waals surface area (Å²) in [7, 11) is 0. The molecule has 1 aromatic rings. The van der Waals surface area contributed by atoms with Crippen molar-refractivity contribution in [2.75, 3.05) is 13.2 Å². The molecular formula is C16H24ClNO. The summed E-state index contributed by atoms with van der Waals surface area (Å²) in [5.74, 6) is 1.30. The van der Waals surface area contributed by atoms with Crippen molar-refractivity contribution in [2.24, 2.45) is 5.92 Å². The monoisotopic (exact) mass is 281 g/mol. The van der Waals surface area contributed by atoms with Crippen LogP contribution in [0.1, 0.15) is 44.1 Å². The summed E-state index contributed by atoms with van der Waals surface area (Å²) in [5, 5.41) is 13.4. The molecule has 106 valence electrons. The normalized spacial score (nSPS) is 23.9. The van der Waals surface area contributed by atoms with Crippen LogP contribution in [0.3, 0.4) is 0 Å². The van der Waals surface area contributed by atoms with Gasteiger partial charge in [-0.15, -0.1) is 0 Å². The third-order valence-corrected chi connectivity index (χ3v) is 4.54. The van der Waals surface area contributed by atoms with E-state index in [1.807, 2.05) is 12.1 Å². The molecule has 2 N–H and O–H groups in total. The largest absolute Gasteiger partial charge is 0.396 e. The Balaban J connectivity index is 1.70. The average molecular weight is 282 g/mol. The summed E-state index contributed by atoms with van der Waals surface area (Å²) in [6.45, 7) is 3.53. The van der Waals surface area contributed by atoms with Gasteiger partial charge in [-0.05, 0) is 55.3 Å². The third kappa shape index (κ3) is 4.20. The Morgan fingerprint density at radius 1 is 1.32 bits per heavy atom. The topological polar surface area (TPSA) is 32.3 Å². The van der Waals surface area contributed by atoms with Gasteiger partial charge in [0.1, 0.15) is 0 Å². The van der Waals surface area contributed by atoms with Crippen LogP contribution in [0.25, 0.3) is 0 Å². The van der Waals surface area contributed by atoms with Crippen molar-refractivity contribution in [3.63, 3.8) is 0 Å². The molecule has 1 atom stereocenters. The minimum absolute atomic E-state index is 0.304. The molecule has 2 rings (SSSR count). The van der Waals surface area contributed by atoms with E-state index in [-0.39, 0.29) is 0 Å². The first-order chi connectivity index (χ1) is 9.22. The zero-order valence-corrected chi connectivity index (χ0v) is 12.4. The molecule has 3 heteroatoms. The molecule has 19 heavy (non-hydrogen) atoms. The predicted octanol–water partition coefficient (Wildman–Crippen LogP) is 3.58. The van der Waals surface area contributed by atoms with Gasteiger partial charge in [-0.3, -0.25) is 0 Å². The number of hydrogen-bond donors (Lipinski definition) is 2. The highest BCUT2D eigenvalue weighted by molar-refractivity contribution is 6.30. The van der Waals surface area contributed by atoms with Crippen LogP contribution in [0.5, 0.6) is 0 Å². The molecule has 0 spiro atoms. The van der Waals surface area contributed by atoms with E-state index in [2.05, 4.69) is 24.4 Å². The number of aliphatic hydroxyl groups is 1. The molecule has 0 radical (unpaired) electrons. The second kappa shape index (κ2) is 7.28. The molecule has 0 amide bonds. The summed E-state index contributed by atoms with van der Waals surface area (Å²) in [6.07, 6.45) is 4.49. The van der Waals surface area contributed by atoms with Crippen LogP contribution in [0.2, 0.25) is 5.02 Å². The molecule has 1 aromatic carbocycles. The van der Waals surface area contributed by atoms with Crippen molar-refractivity contribution < 1.29 is 5.11 Å².